The molecule has 3 rings (SSSR count). The van der Waals surface area contributed by atoms with E-state index in [9.17, 15) is 28.8 Å². The van der Waals surface area contributed by atoms with Crippen LogP contribution in [0.5, 0.6) is 0 Å². The summed E-state index contributed by atoms with van der Waals surface area (Å²) in [6.07, 6.45) is -1.77. The van der Waals surface area contributed by atoms with Gasteiger partial charge in [-0.05, 0) is 32.0 Å². The molecule has 2 heterocycles. The molecule has 1 aromatic carbocycles. The van der Waals surface area contributed by atoms with Gasteiger partial charge in [0, 0.05) is 26.6 Å². The van der Waals surface area contributed by atoms with Gasteiger partial charge in [0.2, 0.25) is 5.91 Å². The third-order valence-corrected chi connectivity index (χ3v) is 5.89. The second-order valence-corrected chi connectivity index (χ2v) is 8.48. The predicted octanol–water partition coefficient (Wildman–Crippen LogP) is -0.195. The van der Waals surface area contributed by atoms with Crippen LogP contribution in [0, 0.1) is 5.82 Å². The molecule has 2 fully saturated rings. The molecule has 1 N–H and O–H groups in total. The van der Waals surface area contributed by atoms with Crippen molar-refractivity contribution in [3.8, 4) is 0 Å². The van der Waals surface area contributed by atoms with Crippen LogP contribution in [0.1, 0.15) is 20.8 Å². The molecule has 0 aliphatic carbocycles. The number of cyclic esters (lactones) is 1. The molecular weight excluding hydrogens is 521 g/mol. The minimum Gasteiger partial charge on any atom is -0.459 e. The van der Waals surface area contributed by atoms with Crippen molar-refractivity contribution in [3.05, 3.63) is 24.0 Å². The molecule has 0 spiro atoms. The van der Waals surface area contributed by atoms with Crippen molar-refractivity contribution in [1.29, 1.82) is 0 Å². The van der Waals surface area contributed by atoms with Crippen LogP contribution in [-0.2, 0) is 38.2 Å². The molecule has 212 valence electrons. The van der Waals surface area contributed by atoms with Gasteiger partial charge in [-0.3, -0.25) is 29.2 Å². The number of nitrogens with zero attached hydrogens (tertiary/aromatic N) is 4. The highest BCUT2D eigenvalue weighted by atomic mass is 19.1. The van der Waals surface area contributed by atoms with Crippen LogP contribution < -0.4 is 15.2 Å². The average molecular weight is 552 g/mol. The van der Waals surface area contributed by atoms with Crippen LogP contribution >= 0.6 is 0 Å². The number of nitrogens with one attached hydrogen (secondary N) is 1. The summed E-state index contributed by atoms with van der Waals surface area (Å²) in [6.45, 7) is 4.61. The van der Waals surface area contributed by atoms with E-state index < -0.39 is 47.7 Å². The number of hydrazine groups is 1. The normalized spacial score (nSPS) is 17.3. The summed E-state index contributed by atoms with van der Waals surface area (Å²) >= 11 is 0. The molecule has 2 aliphatic heterocycles. The van der Waals surface area contributed by atoms with Gasteiger partial charge in [-0.2, -0.15) is 0 Å². The van der Waals surface area contributed by atoms with Gasteiger partial charge in [-0.15, -0.1) is 0 Å². The Labute approximate surface area is 223 Å². The Hall–Kier alpha value is -4.27. The number of carbonyl (C=O) groups excluding carboxylic acids is 6. The molecule has 2 saturated heterocycles. The van der Waals surface area contributed by atoms with Crippen molar-refractivity contribution in [1.82, 2.24) is 15.3 Å². The summed E-state index contributed by atoms with van der Waals surface area (Å²) in [7, 11) is 0. The third-order valence-electron chi connectivity index (χ3n) is 5.89. The first kappa shape index (κ1) is 29.3. The van der Waals surface area contributed by atoms with E-state index in [1.807, 2.05) is 0 Å². The van der Waals surface area contributed by atoms with E-state index in [0.29, 0.717) is 11.4 Å². The number of carbonyl (C=O) groups is 6. The van der Waals surface area contributed by atoms with Gasteiger partial charge in [-0.1, -0.05) is 0 Å². The zero-order valence-corrected chi connectivity index (χ0v) is 21.8. The molecule has 0 bridgehead atoms. The Balaban J connectivity index is 1.66. The SMILES string of the molecule is CCOC(=O)C(=O)N1CCN(c2ccc(N3C[C@H](CN(C(C)=O)C(=O)C(=O)OCC)OC3=O)cc2F)CCN1. The summed E-state index contributed by atoms with van der Waals surface area (Å²) in [6, 6.07) is 4.13. The fourth-order valence-corrected chi connectivity index (χ4v) is 4.06. The minimum atomic E-state index is -1.20. The Kier molecular flexibility index (Phi) is 9.76. The number of anilines is 2. The quantitative estimate of drug-likeness (QED) is 0.284. The van der Waals surface area contributed by atoms with Gasteiger partial charge in [0.15, 0.2) is 0 Å². The first-order chi connectivity index (χ1) is 18.6. The van der Waals surface area contributed by atoms with E-state index in [-0.39, 0.29) is 57.3 Å². The molecule has 0 unspecified atom stereocenters. The summed E-state index contributed by atoms with van der Waals surface area (Å²) in [5, 5.41) is 1.13. The Morgan fingerprint density at radius 1 is 1.08 bits per heavy atom. The number of esters is 2. The molecule has 4 amide bonds. The second-order valence-electron chi connectivity index (χ2n) is 8.48. The molecule has 1 atom stereocenters. The largest absolute Gasteiger partial charge is 0.459 e. The molecule has 14 nitrogen and oxygen atoms in total. The molecule has 0 aromatic heterocycles. The van der Waals surface area contributed by atoms with Gasteiger partial charge in [0.25, 0.3) is 0 Å². The molecular formula is C24H30FN5O9. The van der Waals surface area contributed by atoms with Crippen LogP contribution in [-0.4, -0.2) is 104 Å². The fraction of sp³-hybridized carbons (Fsp3) is 0.500. The van der Waals surface area contributed by atoms with Gasteiger partial charge in [-0.25, -0.2) is 24.2 Å². The number of benzene rings is 1. The van der Waals surface area contributed by atoms with Crippen molar-refractivity contribution in [3.63, 3.8) is 0 Å². The van der Waals surface area contributed by atoms with Crippen molar-refractivity contribution in [2.45, 2.75) is 26.9 Å². The summed E-state index contributed by atoms with van der Waals surface area (Å²) in [4.78, 5) is 75.8. The van der Waals surface area contributed by atoms with E-state index >= 15 is 4.39 Å². The Morgan fingerprint density at radius 3 is 2.41 bits per heavy atom. The van der Waals surface area contributed by atoms with Crippen molar-refractivity contribution < 1.29 is 47.4 Å². The second kappa shape index (κ2) is 13.0. The highest BCUT2D eigenvalue weighted by molar-refractivity contribution is 6.35. The Morgan fingerprint density at radius 2 is 1.77 bits per heavy atom. The number of ether oxygens (including phenoxy) is 3. The predicted molar refractivity (Wildman–Crippen MR) is 132 cm³/mol. The highest BCUT2D eigenvalue weighted by Gasteiger charge is 2.37. The lowest BCUT2D eigenvalue weighted by Gasteiger charge is -2.24. The molecule has 15 heteroatoms. The van der Waals surface area contributed by atoms with Crippen LogP contribution in [0.4, 0.5) is 20.6 Å². The van der Waals surface area contributed by atoms with Crippen molar-refractivity contribution in [2.24, 2.45) is 0 Å². The van der Waals surface area contributed by atoms with E-state index in [1.54, 1.807) is 11.8 Å². The van der Waals surface area contributed by atoms with Crippen LogP contribution in [0.3, 0.4) is 0 Å². The summed E-state index contributed by atoms with van der Waals surface area (Å²) in [5.41, 5.74) is 3.22. The first-order valence-corrected chi connectivity index (χ1v) is 12.3. The maximum Gasteiger partial charge on any atom is 0.414 e. The fourth-order valence-electron chi connectivity index (χ4n) is 4.06. The number of hydrogen-bond donors (Lipinski definition) is 1. The number of hydrogen-bond acceptors (Lipinski definition) is 11. The lowest BCUT2D eigenvalue weighted by Crippen LogP contribution is -2.47. The Bertz CT molecular complexity index is 1150. The van der Waals surface area contributed by atoms with E-state index in [2.05, 4.69) is 10.2 Å². The van der Waals surface area contributed by atoms with Crippen LogP contribution in [0.2, 0.25) is 0 Å². The smallest absolute Gasteiger partial charge is 0.414 e. The lowest BCUT2D eigenvalue weighted by atomic mass is 10.2. The maximum atomic E-state index is 15.2. The van der Waals surface area contributed by atoms with E-state index in [4.69, 9.17) is 9.47 Å². The van der Waals surface area contributed by atoms with E-state index in [0.717, 1.165) is 22.9 Å². The van der Waals surface area contributed by atoms with Gasteiger partial charge < -0.3 is 19.1 Å². The monoisotopic (exact) mass is 551 g/mol. The van der Waals surface area contributed by atoms with Gasteiger partial charge in [0.1, 0.15) is 11.9 Å². The highest BCUT2D eigenvalue weighted by Crippen LogP contribution is 2.28. The zero-order valence-electron chi connectivity index (χ0n) is 21.8. The van der Waals surface area contributed by atoms with Crippen molar-refractivity contribution >= 4 is 47.1 Å². The molecule has 2 aliphatic rings. The zero-order chi connectivity index (χ0) is 28.7. The van der Waals surface area contributed by atoms with E-state index in [1.165, 1.54) is 19.1 Å². The molecule has 1 aromatic rings. The average Bonchev–Trinajstić information content (AvgIpc) is 3.09. The lowest BCUT2D eigenvalue weighted by molar-refractivity contribution is -0.163. The minimum absolute atomic E-state index is 0.0536. The van der Waals surface area contributed by atoms with Gasteiger partial charge >= 0.3 is 29.8 Å². The van der Waals surface area contributed by atoms with Crippen LogP contribution in [0.15, 0.2) is 18.2 Å². The number of amides is 4. The number of rotatable bonds is 6. The molecule has 39 heavy (non-hydrogen) atoms. The van der Waals surface area contributed by atoms with Gasteiger partial charge in [0.05, 0.1) is 44.2 Å². The molecule has 0 radical (unpaired) electrons. The first-order valence-electron chi connectivity index (χ1n) is 12.3. The standard InChI is InChI=1S/C24H30FN5O9/c1-4-37-22(34)20(32)28(15(3)31)13-17-14-29(24(36)39-17)16-6-7-19(18(25)12-16)27-9-8-26-30(11-10-27)21(33)23(35)38-5-2/h6-7,12,17,26H,4-5,8-11,13-14H2,1-3H3/t17-/m0/s1. The topological polar surface area (TPSA) is 155 Å². The summed E-state index contributed by atoms with van der Waals surface area (Å²) < 4.78 is 29.8. The number of halogens is 1. The number of imide groups is 1. The molecule has 0 saturated carbocycles. The van der Waals surface area contributed by atoms with Crippen molar-refractivity contribution in [2.75, 3.05) is 62.3 Å². The van der Waals surface area contributed by atoms with Crippen LogP contribution in [0.25, 0.3) is 0 Å². The summed E-state index contributed by atoms with van der Waals surface area (Å²) in [5.74, 6) is -5.58. The maximum absolute atomic E-state index is 15.2. The third kappa shape index (κ3) is 6.98.